The number of rotatable bonds is 6. The standard InChI is InChI=1S/C20H20F3N5/c1-14-25-18(27-17-5-3-4-16(12-17)20(21,22)23)13-19(26-14)28(2)11-8-15-6-9-24-10-7-15/h3-7,9-10,12-13H,8,11H2,1-2H3,(H,25,26,27). The zero-order valence-corrected chi connectivity index (χ0v) is 15.5. The maximum Gasteiger partial charge on any atom is 0.416 e. The lowest BCUT2D eigenvalue weighted by molar-refractivity contribution is -0.137. The first kappa shape index (κ1) is 19.6. The van der Waals surface area contributed by atoms with Crippen LogP contribution in [0.15, 0.2) is 54.9 Å². The van der Waals surface area contributed by atoms with Crippen LogP contribution in [0.1, 0.15) is 17.0 Å². The zero-order chi connectivity index (χ0) is 20.1. The molecule has 146 valence electrons. The number of alkyl halides is 3. The average molecular weight is 387 g/mol. The summed E-state index contributed by atoms with van der Waals surface area (Å²) in [5, 5.41) is 2.94. The van der Waals surface area contributed by atoms with Crippen molar-refractivity contribution in [2.24, 2.45) is 0 Å². The van der Waals surface area contributed by atoms with Crippen molar-refractivity contribution in [3.8, 4) is 0 Å². The first-order valence-corrected chi connectivity index (χ1v) is 8.71. The molecule has 0 aliphatic rings. The zero-order valence-electron chi connectivity index (χ0n) is 15.5. The summed E-state index contributed by atoms with van der Waals surface area (Å²) in [6.45, 7) is 2.47. The van der Waals surface area contributed by atoms with Crippen LogP contribution in [-0.2, 0) is 12.6 Å². The largest absolute Gasteiger partial charge is 0.416 e. The van der Waals surface area contributed by atoms with Crippen LogP contribution in [0.2, 0.25) is 0 Å². The highest BCUT2D eigenvalue weighted by Crippen LogP contribution is 2.31. The van der Waals surface area contributed by atoms with Gasteiger partial charge in [-0.3, -0.25) is 4.98 Å². The Morgan fingerprint density at radius 2 is 1.79 bits per heavy atom. The second kappa shape index (κ2) is 8.24. The van der Waals surface area contributed by atoms with Gasteiger partial charge in [0, 0.05) is 37.7 Å². The van der Waals surface area contributed by atoms with E-state index in [4.69, 9.17) is 0 Å². The minimum absolute atomic E-state index is 0.318. The molecule has 0 fully saturated rings. The van der Waals surface area contributed by atoms with Crippen molar-refractivity contribution in [3.63, 3.8) is 0 Å². The molecule has 0 unspecified atom stereocenters. The second-order valence-corrected chi connectivity index (χ2v) is 6.39. The number of aryl methyl sites for hydroxylation is 1. The number of nitrogens with one attached hydrogen (secondary N) is 1. The number of halogens is 3. The Kier molecular flexibility index (Phi) is 5.77. The Morgan fingerprint density at radius 1 is 1.04 bits per heavy atom. The summed E-state index contributed by atoms with van der Waals surface area (Å²) in [5.41, 5.74) is 0.770. The summed E-state index contributed by atoms with van der Waals surface area (Å²) in [4.78, 5) is 14.7. The Bertz CT molecular complexity index is 929. The van der Waals surface area contributed by atoms with Crippen molar-refractivity contribution in [2.75, 3.05) is 23.8 Å². The number of pyridine rings is 1. The van der Waals surface area contributed by atoms with Gasteiger partial charge < -0.3 is 10.2 Å². The van der Waals surface area contributed by atoms with Gasteiger partial charge in [0.25, 0.3) is 0 Å². The number of nitrogens with zero attached hydrogens (tertiary/aromatic N) is 4. The van der Waals surface area contributed by atoms with E-state index in [1.165, 1.54) is 6.07 Å². The topological polar surface area (TPSA) is 53.9 Å². The molecule has 1 aromatic carbocycles. The fourth-order valence-corrected chi connectivity index (χ4v) is 2.69. The molecule has 0 amide bonds. The predicted molar refractivity (Wildman–Crippen MR) is 103 cm³/mol. The molecule has 0 atom stereocenters. The molecule has 8 heteroatoms. The molecule has 0 aliphatic carbocycles. The Morgan fingerprint density at radius 3 is 2.50 bits per heavy atom. The lowest BCUT2D eigenvalue weighted by Crippen LogP contribution is -2.22. The fraction of sp³-hybridized carbons (Fsp3) is 0.250. The van der Waals surface area contributed by atoms with Gasteiger partial charge in [0.2, 0.25) is 0 Å². The lowest BCUT2D eigenvalue weighted by atomic mass is 10.2. The molecule has 0 radical (unpaired) electrons. The van der Waals surface area contributed by atoms with Crippen molar-refractivity contribution < 1.29 is 13.2 Å². The molecular formula is C20H20F3N5. The summed E-state index contributed by atoms with van der Waals surface area (Å²) < 4.78 is 38.7. The molecule has 0 aliphatic heterocycles. The van der Waals surface area contributed by atoms with Gasteiger partial charge in [-0.25, -0.2) is 9.97 Å². The van der Waals surface area contributed by atoms with Crippen molar-refractivity contribution in [2.45, 2.75) is 19.5 Å². The van der Waals surface area contributed by atoms with E-state index in [1.54, 1.807) is 31.5 Å². The number of anilines is 3. The highest BCUT2D eigenvalue weighted by molar-refractivity contribution is 5.60. The molecule has 2 heterocycles. The molecule has 0 spiro atoms. The van der Waals surface area contributed by atoms with Crippen molar-refractivity contribution in [1.29, 1.82) is 0 Å². The molecule has 2 aromatic heterocycles. The lowest BCUT2D eigenvalue weighted by Gasteiger charge is -2.19. The Labute approximate surface area is 161 Å². The Hall–Kier alpha value is -3.16. The van der Waals surface area contributed by atoms with Crippen LogP contribution in [0, 0.1) is 6.92 Å². The van der Waals surface area contributed by atoms with E-state index in [-0.39, 0.29) is 0 Å². The van der Waals surface area contributed by atoms with Gasteiger partial charge in [0.05, 0.1) is 5.56 Å². The number of benzene rings is 1. The molecule has 0 saturated heterocycles. The maximum absolute atomic E-state index is 12.9. The number of hydrogen-bond donors (Lipinski definition) is 1. The monoisotopic (exact) mass is 387 g/mol. The third-order valence-corrected chi connectivity index (χ3v) is 4.16. The first-order valence-electron chi connectivity index (χ1n) is 8.71. The maximum atomic E-state index is 12.9. The quantitative estimate of drug-likeness (QED) is 0.669. The van der Waals surface area contributed by atoms with E-state index < -0.39 is 11.7 Å². The third-order valence-electron chi connectivity index (χ3n) is 4.16. The predicted octanol–water partition coefficient (Wildman–Crippen LogP) is 4.62. The third kappa shape index (κ3) is 5.18. The van der Waals surface area contributed by atoms with Crippen molar-refractivity contribution in [1.82, 2.24) is 15.0 Å². The highest BCUT2D eigenvalue weighted by atomic mass is 19.4. The molecule has 0 saturated carbocycles. The molecule has 0 bridgehead atoms. The van der Waals surface area contributed by atoms with Crippen LogP contribution in [0.4, 0.5) is 30.5 Å². The van der Waals surface area contributed by atoms with E-state index in [2.05, 4.69) is 20.3 Å². The van der Waals surface area contributed by atoms with Gasteiger partial charge in [-0.05, 0) is 49.2 Å². The summed E-state index contributed by atoms with van der Waals surface area (Å²) >= 11 is 0. The van der Waals surface area contributed by atoms with Gasteiger partial charge in [0.1, 0.15) is 17.5 Å². The minimum Gasteiger partial charge on any atom is -0.359 e. The molecule has 28 heavy (non-hydrogen) atoms. The molecule has 3 rings (SSSR count). The van der Waals surface area contributed by atoms with Crippen LogP contribution in [0.25, 0.3) is 0 Å². The van der Waals surface area contributed by atoms with Crippen molar-refractivity contribution >= 4 is 17.3 Å². The second-order valence-electron chi connectivity index (χ2n) is 6.39. The smallest absolute Gasteiger partial charge is 0.359 e. The van der Waals surface area contributed by atoms with E-state index in [9.17, 15) is 13.2 Å². The number of likely N-dealkylation sites (N-methyl/N-ethyl adjacent to an activating group) is 1. The van der Waals surface area contributed by atoms with Gasteiger partial charge in [-0.1, -0.05) is 6.07 Å². The summed E-state index contributed by atoms with van der Waals surface area (Å²) in [5.74, 6) is 1.66. The Balaban J connectivity index is 1.74. The van der Waals surface area contributed by atoms with Gasteiger partial charge in [0.15, 0.2) is 0 Å². The average Bonchev–Trinajstić information content (AvgIpc) is 2.66. The minimum atomic E-state index is -4.39. The molecule has 3 aromatic rings. The van der Waals surface area contributed by atoms with Crippen LogP contribution in [0.3, 0.4) is 0 Å². The molecule has 5 nitrogen and oxygen atoms in total. The highest BCUT2D eigenvalue weighted by Gasteiger charge is 2.30. The molecule has 1 N–H and O–H groups in total. The van der Waals surface area contributed by atoms with Gasteiger partial charge >= 0.3 is 6.18 Å². The van der Waals surface area contributed by atoms with Gasteiger partial charge in [-0.15, -0.1) is 0 Å². The molecular weight excluding hydrogens is 367 g/mol. The normalized spacial score (nSPS) is 11.3. The van der Waals surface area contributed by atoms with E-state index >= 15 is 0 Å². The van der Waals surface area contributed by atoms with Gasteiger partial charge in [-0.2, -0.15) is 13.2 Å². The first-order chi connectivity index (χ1) is 13.3. The summed E-state index contributed by atoms with van der Waals surface area (Å²) in [6, 6.07) is 10.7. The number of aromatic nitrogens is 3. The fourth-order valence-electron chi connectivity index (χ4n) is 2.69. The van der Waals surface area contributed by atoms with Crippen LogP contribution in [-0.4, -0.2) is 28.5 Å². The summed E-state index contributed by atoms with van der Waals surface area (Å²) in [7, 11) is 1.91. The van der Waals surface area contributed by atoms with Crippen LogP contribution >= 0.6 is 0 Å². The summed E-state index contributed by atoms with van der Waals surface area (Å²) in [6.07, 6.45) is -0.0708. The number of hydrogen-bond acceptors (Lipinski definition) is 5. The van der Waals surface area contributed by atoms with Crippen molar-refractivity contribution in [3.05, 3.63) is 71.8 Å². The SMILES string of the molecule is Cc1nc(Nc2cccc(C(F)(F)F)c2)cc(N(C)CCc2ccncc2)n1. The van der Waals surface area contributed by atoms with E-state index in [1.807, 2.05) is 24.1 Å². The van der Waals surface area contributed by atoms with E-state index in [0.29, 0.717) is 23.1 Å². The van der Waals surface area contributed by atoms with Crippen LogP contribution < -0.4 is 10.2 Å². The van der Waals surface area contributed by atoms with E-state index in [0.717, 1.165) is 30.7 Å². The van der Waals surface area contributed by atoms with Crippen LogP contribution in [0.5, 0.6) is 0 Å².